The lowest BCUT2D eigenvalue weighted by atomic mass is 9.98. The van der Waals surface area contributed by atoms with Crippen molar-refractivity contribution in [2.24, 2.45) is 0 Å². The second kappa shape index (κ2) is 13.2. The molecule has 1 aliphatic rings. The van der Waals surface area contributed by atoms with Gasteiger partial charge in [0, 0.05) is 31.4 Å². The second-order valence-electron chi connectivity index (χ2n) is 9.21. The van der Waals surface area contributed by atoms with E-state index >= 15 is 4.39 Å². The molecule has 1 saturated heterocycles. The summed E-state index contributed by atoms with van der Waals surface area (Å²) in [6.45, 7) is 2.52. The van der Waals surface area contributed by atoms with E-state index < -0.39 is 27.6 Å². The van der Waals surface area contributed by atoms with Crippen LogP contribution in [0.2, 0.25) is 10.0 Å². The number of likely N-dealkylation sites (tertiary alicyclic amines) is 1. The topological polar surface area (TPSA) is 101 Å². The van der Waals surface area contributed by atoms with Gasteiger partial charge < -0.3 is 15.0 Å². The van der Waals surface area contributed by atoms with Crippen LogP contribution in [0.1, 0.15) is 35.2 Å². The van der Waals surface area contributed by atoms with Gasteiger partial charge in [0.25, 0.3) is 0 Å². The number of benzene rings is 2. The minimum absolute atomic E-state index is 0.00376. The number of rotatable bonds is 10. The number of methoxy groups -OCH3 is 1. The number of esters is 1. The lowest BCUT2D eigenvalue weighted by Gasteiger charge is -2.26. The number of carbonyl (C=O) groups excluding carboxylic acids is 1. The predicted molar refractivity (Wildman–Crippen MR) is 150 cm³/mol. The molecule has 2 heterocycles. The Kier molecular flexibility index (Phi) is 9.96. The molecule has 0 unspecified atom stereocenters. The number of halogens is 4. The van der Waals surface area contributed by atoms with Crippen LogP contribution in [0.4, 0.5) is 14.6 Å². The van der Waals surface area contributed by atoms with Gasteiger partial charge in [0.1, 0.15) is 32.9 Å². The molecule has 0 atom stereocenters. The number of carbonyl (C=O) groups is 1. The molecule has 13 heteroatoms. The highest BCUT2D eigenvalue weighted by atomic mass is 35.5. The molecule has 0 spiro atoms. The maximum atomic E-state index is 15.0. The first-order valence-corrected chi connectivity index (χ1v) is 14.8. The van der Waals surface area contributed by atoms with Gasteiger partial charge in [-0.25, -0.2) is 31.7 Å². The Hall–Kier alpha value is -2.83. The standard InChI is InChI=1S/C27H28Cl2F2N4O4S/c1-39-27(36)23-19(6-5-7-21(23)30)17-8-9-18(22(31)14-17)15-32-26-24(29)25(20(28)16-33-26)40(37,38)34-10-13-35-11-3-2-4-12-35/h5-9,14,16,34H,2-4,10-13,15H2,1H3,(H,32,33). The number of pyridine rings is 1. The summed E-state index contributed by atoms with van der Waals surface area (Å²) in [6.07, 6.45) is 4.52. The Balaban J connectivity index is 1.49. The van der Waals surface area contributed by atoms with Crippen LogP contribution < -0.4 is 10.0 Å². The fraction of sp³-hybridized carbons (Fsp3) is 0.333. The molecule has 0 aliphatic carbocycles. The molecule has 4 rings (SSSR count). The van der Waals surface area contributed by atoms with E-state index in [-0.39, 0.29) is 56.1 Å². The first-order valence-electron chi connectivity index (χ1n) is 12.6. The van der Waals surface area contributed by atoms with Crippen molar-refractivity contribution in [3.63, 3.8) is 0 Å². The summed E-state index contributed by atoms with van der Waals surface area (Å²) in [5, 5.41) is 2.48. The quantitative estimate of drug-likeness (QED) is 0.292. The maximum absolute atomic E-state index is 15.0. The molecule has 2 aromatic carbocycles. The molecule has 0 radical (unpaired) electrons. The van der Waals surface area contributed by atoms with E-state index in [9.17, 15) is 17.6 Å². The average Bonchev–Trinajstić information content (AvgIpc) is 2.93. The minimum Gasteiger partial charge on any atom is -0.465 e. The molecular formula is C27H28Cl2F2N4O4S. The number of hydrogen-bond donors (Lipinski definition) is 2. The van der Waals surface area contributed by atoms with Gasteiger partial charge in [-0.3, -0.25) is 0 Å². The third-order valence-electron chi connectivity index (χ3n) is 6.58. The molecule has 3 aromatic rings. The van der Waals surface area contributed by atoms with Gasteiger partial charge in [-0.1, -0.05) is 53.9 Å². The minimum atomic E-state index is -4.05. The Morgan fingerprint density at radius 1 is 1.10 bits per heavy atom. The number of nitrogens with one attached hydrogen (secondary N) is 2. The molecule has 0 amide bonds. The van der Waals surface area contributed by atoms with Gasteiger partial charge in [0.15, 0.2) is 0 Å². The molecule has 1 aromatic heterocycles. The summed E-state index contributed by atoms with van der Waals surface area (Å²) in [5.41, 5.74) is 0.338. The van der Waals surface area contributed by atoms with Crippen molar-refractivity contribution in [1.29, 1.82) is 0 Å². The van der Waals surface area contributed by atoms with Crippen LogP contribution in [0.25, 0.3) is 11.1 Å². The van der Waals surface area contributed by atoms with E-state index in [2.05, 4.69) is 24.7 Å². The fourth-order valence-corrected chi connectivity index (χ4v) is 6.69. The molecule has 1 aliphatic heterocycles. The molecule has 1 fully saturated rings. The summed E-state index contributed by atoms with van der Waals surface area (Å²) < 4.78 is 62.6. The van der Waals surface area contributed by atoms with Crippen molar-refractivity contribution in [3.05, 3.63) is 75.4 Å². The largest absolute Gasteiger partial charge is 0.465 e. The van der Waals surface area contributed by atoms with E-state index in [1.807, 2.05) is 0 Å². The Labute approximate surface area is 241 Å². The predicted octanol–water partition coefficient (Wildman–Crippen LogP) is 5.50. The highest BCUT2D eigenvalue weighted by Crippen LogP contribution is 2.34. The van der Waals surface area contributed by atoms with Crippen LogP contribution in [0.5, 0.6) is 0 Å². The van der Waals surface area contributed by atoms with E-state index in [1.54, 1.807) is 0 Å². The number of nitrogens with zero attached hydrogens (tertiary/aromatic N) is 2. The fourth-order valence-electron chi connectivity index (χ4n) is 4.52. The van der Waals surface area contributed by atoms with E-state index in [0.29, 0.717) is 6.54 Å². The number of piperidine rings is 1. The Morgan fingerprint density at radius 2 is 1.85 bits per heavy atom. The summed E-state index contributed by atoms with van der Waals surface area (Å²) in [7, 11) is -2.92. The lowest BCUT2D eigenvalue weighted by Crippen LogP contribution is -2.37. The number of sulfonamides is 1. The highest BCUT2D eigenvalue weighted by Gasteiger charge is 2.25. The molecule has 2 N–H and O–H groups in total. The van der Waals surface area contributed by atoms with Gasteiger partial charge in [-0.15, -0.1) is 0 Å². The first-order chi connectivity index (χ1) is 19.1. The van der Waals surface area contributed by atoms with Gasteiger partial charge >= 0.3 is 5.97 Å². The van der Waals surface area contributed by atoms with Gasteiger partial charge in [-0.05, 0) is 49.2 Å². The highest BCUT2D eigenvalue weighted by molar-refractivity contribution is 7.89. The van der Waals surface area contributed by atoms with Gasteiger partial charge in [0.2, 0.25) is 10.0 Å². The zero-order chi connectivity index (χ0) is 28.9. The van der Waals surface area contributed by atoms with E-state index in [0.717, 1.165) is 51.4 Å². The van der Waals surface area contributed by atoms with Crippen LogP contribution in [0.15, 0.2) is 47.5 Å². The number of hydrogen-bond acceptors (Lipinski definition) is 7. The molecule has 40 heavy (non-hydrogen) atoms. The third kappa shape index (κ3) is 6.90. The molecular weight excluding hydrogens is 585 g/mol. The van der Waals surface area contributed by atoms with E-state index in [4.69, 9.17) is 23.2 Å². The zero-order valence-electron chi connectivity index (χ0n) is 21.6. The van der Waals surface area contributed by atoms with Crippen molar-refractivity contribution < 1.29 is 26.7 Å². The lowest BCUT2D eigenvalue weighted by molar-refractivity contribution is 0.0596. The Morgan fingerprint density at radius 3 is 2.55 bits per heavy atom. The van der Waals surface area contributed by atoms with Gasteiger partial charge in [0.05, 0.1) is 12.1 Å². The van der Waals surface area contributed by atoms with Crippen LogP contribution in [-0.2, 0) is 21.3 Å². The van der Waals surface area contributed by atoms with Crippen LogP contribution in [0.3, 0.4) is 0 Å². The summed E-state index contributed by atoms with van der Waals surface area (Å²) in [4.78, 5) is 18.0. The summed E-state index contributed by atoms with van der Waals surface area (Å²) >= 11 is 12.6. The van der Waals surface area contributed by atoms with Crippen molar-refractivity contribution in [1.82, 2.24) is 14.6 Å². The average molecular weight is 614 g/mol. The summed E-state index contributed by atoms with van der Waals surface area (Å²) in [6, 6.07) is 8.16. The molecule has 0 saturated carbocycles. The molecule has 214 valence electrons. The van der Waals surface area contributed by atoms with Crippen LogP contribution in [0, 0.1) is 11.6 Å². The molecule has 0 bridgehead atoms. The van der Waals surface area contributed by atoms with Crippen molar-refractivity contribution in [3.8, 4) is 11.1 Å². The van der Waals surface area contributed by atoms with Crippen LogP contribution >= 0.6 is 23.2 Å². The number of ether oxygens (including phenoxy) is 1. The summed E-state index contributed by atoms with van der Waals surface area (Å²) in [5.74, 6) is -2.31. The zero-order valence-corrected chi connectivity index (χ0v) is 24.0. The number of anilines is 1. The Bertz CT molecular complexity index is 1500. The van der Waals surface area contributed by atoms with Crippen molar-refractivity contribution >= 4 is 45.0 Å². The second-order valence-corrected chi connectivity index (χ2v) is 11.7. The first kappa shape index (κ1) is 30.1. The van der Waals surface area contributed by atoms with Crippen LogP contribution in [-0.4, -0.2) is 57.6 Å². The smallest absolute Gasteiger partial charge is 0.341 e. The monoisotopic (exact) mass is 612 g/mol. The van der Waals surface area contributed by atoms with Crippen molar-refractivity contribution in [2.75, 3.05) is 38.6 Å². The SMILES string of the molecule is COC(=O)c1c(F)cccc1-c1ccc(CNc2ncc(Cl)c(S(=O)(=O)NCCN3CCCCC3)c2Cl)c(F)c1. The molecule has 8 nitrogen and oxygen atoms in total. The van der Waals surface area contributed by atoms with Gasteiger partial charge in [-0.2, -0.15) is 0 Å². The third-order valence-corrected chi connectivity index (χ3v) is 9.01. The number of aromatic nitrogens is 1. The van der Waals surface area contributed by atoms with Crippen molar-refractivity contribution in [2.45, 2.75) is 30.7 Å². The maximum Gasteiger partial charge on any atom is 0.341 e. The van der Waals surface area contributed by atoms with E-state index in [1.165, 1.54) is 30.7 Å². The normalized spacial score (nSPS) is 14.2.